The number of hydrogen-bond acceptors (Lipinski definition) is 2. The summed E-state index contributed by atoms with van der Waals surface area (Å²) in [5.74, 6) is 2.96. The van der Waals surface area contributed by atoms with Crippen LogP contribution in [0.5, 0.6) is 11.5 Å². The molecule has 0 aliphatic rings. The Bertz CT molecular complexity index is 1050. The zero-order valence-corrected chi connectivity index (χ0v) is 25.3. The molecule has 2 atom stereocenters. The van der Waals surface area contributed by atoms with Gasteiger partial charge in [0.2, 0.25) is 0 Å². The Morgan fingerprint density at radius 2 is 0.950 bits per heavy atom. The summed E-state index contributed by atoms with van der Waals surface area (Å²) >= 11 is 0. The van der Waals surface area contributed by atoms with E-state index in [0.29, 0.717) is 11.8 Å². The van der Waals surface area contributed by atoms with E-state index in [-0.39, 0.29) is 0 Å². The lowest BCUT2D eigenvalue weighted by Crippen LogP contribution is -2.13. The van der Waals surface area contributed by atoms with Crippen LogP contribution in [-0.4, -0.2) is 13.2 Å². The van der Waals surface area contributed by atoms with Crippen molar-refractivity contribution in [3.8, 4) is 11.5 Å². The highest BCUT2D eigenvalue weighted by atomic mass is 16.5. The zero-order chi connectivity index (χ0) is 28.4. The van der Waals surface area contributed by atoms with Gasteiger partial charge in [0.05, 0.1) is 13.2 Å². The maximum Gasteiger partial charge on any atom is 0.127 e. The van der Waals surface area contributed by atoms with Crippen molar-refractivity contribution in [3.05, 3.63) is 95.1 Å². The van der Waals surface area contributed by atoms with E-state index >= 15 is 0 Å². The van der Waals surface area contributed by atoms with Crippen LogP contribution >= 0.6 is 0 Å². The molecule has 0 spiro atoms. The quantitative estimate of drug-likeness (QED) is 0.150. The highest BCUT2D eigenvalue weighted by Gasteiger charge is 2.14. The maximum absolute atomic E-state index is 6.58. The molecule has 0 fully saturated rings. The van der Waals surface area contributed by atoms with Crippen LogP contribution < -0.4 is 9.47 Å². The summed E-state index contributed by atoms with van der Waals surface area (Å²) in [6.07, 6.45) is 18.3. The average Bonchev–Trinajstić information content (AvgIpc) is 3.00. The largest absolute Gasteiger partial charge is 0.493 e. The molecule has 0 heterocycles. The number of benzene rings is 3. The lowest BCUT2D eigenvalue weighted by molar-refractivity contribution is 0.227. The van der Waals surface area contributed by atoms with Crippen LogP contribution in [0.4, 0.5) is 0 Å². The molecule has 2 heteroatoms. The second-order valence-electron chi connectivity index (χ2n) is 10.9. The van der Waals surface area contributed by atoms with Crippen molar-refractivity contribution in [1.29, 1.82) is 0 Å². The Kier molecular flexibility index (Phi) is 14.2. The topological polar surface area (TPSA) is 18.5 Å². The molecule has 0 saturated heterocycles. The molecule has 0 bridgehead atoms. The van der Waals surface area contributed by atoms with Gasteiger partial charge in [-0.25, -0.2) is 0 Å². The van der Waals surface area contributed by atoms with Crippen molar-refractivity contribution < 1.29 is 9.47 Å². The van der Waals surface area contributed by atoms with E-state index in [1.807, 2.05) is 0 Å². The summed E-state index contributed by atoms with van der Waals surface area (Å²) < 4.78 is 13.2. The normalized spacial score (nSPS) is 13.1. The van der Waals surface area contributed by atoms with Crippen LogP contribution in [0.25, 0.3) is 24.3 Å². The van der Waals surface area contributed by atoms with Crippen LogP contribution in [0.15, 0.2) is 72.8 Å². The van der Waals surface area contributed by atoms with E-state index in [2.05, 4.69) is 125 Å². The van der Waals surface area contributed by atoms with Crippen molar-refractivity contribution in [2.45, 2.75) is 79.1 Å². The van der Waals surface area contributed by atoms with Crippen molar-refractivity contribution in [2.75, 3.05) is 13.2 Å². The van der Waals surface area contributed by atoms with Crippen molar-refractivity contribution in [3.63, 3.8) is 0 Å². The molecule has 2 nitrogen and oxygen atoms in total. The molecule has 3 rings (SSSR count). The number of ether oxygens (including phenoxy) is 2. The SMILES string of the molecule is CCCCC(CC)COc1cc(/C=C/c2ccccc2)c(OCC(CC)CCCC)cc1/C=C/c1ccccc1. The first-order valence-corrected chi connectivity index (χ1v) is 15.6. The Balaban J connectivity index is 1.98. The fourth-order valence-electron chi connectivity index (χ4n) is 4.81. The van der Waals surface area contributed by atoms with Gasteiger partial charge < -0.3 is 9.47 Å². The third-order valence-corrected chi connectivity index (χ3v) is 7.69. The first-order chi connectivity index (χ1) is 19.7. The molecule has 3 aromatic carbocycles. The van der Waals surface area contributed by atoms with Gasteiger partial charge in [0.15, 0.2) is 0 Å². The molecule has 0 amide bonds. The minimum atomic E-state index is 0.564. The van der Waals surface area contributed by atoms with Gasteiger partial charge in [-0.1, -0.05) is 151 Å². The van der Waals surface area contributed by atoms with Gasteiger partial charge in [-0.3, -0.25) is 0 Å². The molecule has 0 N–H and O–H groups in total. The summed E-state index contributed by atoms with van der Waals surface area (Å²) in [6, 6.07) is 25.3. The maximum atomic E-state index is 6.58. The van der Waals surface area contributed by atoms with Crippen LogP contribution in [-0.2, 0) is 0 Å². The van der Waals surface area contributed by atoms with E-state index in [0.717, 1.165) is 48.7 Å². The molecule has 0 aliphatic heterocycles. The summed E-state index contributed by atoms with van der Waals surface area (Å²) in [6.45, 7) is 10.5. The smallest absolute Gasteiger partial charge is 0.127 e. The van der Waals surface area contributed by atoms with Crippen molar-refractivity contribution >= 4 is 24.3 Å². The molecule has 40 heavy (non-hydrogen) atoms. The van der Waals surface area contributed by atoms with Crippen LogP contribution in [0.3, 0.4) is 0 Å². The van der Waals surface area contributed by atoms with Gasteiger partial charge in [0, 0.05) is 11.1 Å². The van der Waals surface area contributed by atoms with Gasteiger partial charge in [0.25, 0.3) is 0 Å². The van der Waals surface area contributed by atoms with Crippen molar-refractivity contribution in [2.24, 2.45) is 11.8 Å². The summed E-state index contributed by atoms with van der Waals surface area (Å²) in [4.78, 5) is 0. The van der Waals surface area contributed by atoms with Crippen LogP contribution in [0.2, 0.25) is 0 Å². The number of unbranched alkanes of at least 4 members (excludes halogenated alkanes) is 2. The van der Waals surface area contributed by atoms with E-state index in [4.69, 9.17) is 9.47 Å². The molecular formula is C38H50O2. The molecule has 2 unspecified atom stereocenters. The third kappa shape index (κ3) is 10.7. The molecule has 0 saturated carbocycles. The number of rotatable bonds is 18. The van der Waals surface area contributed by atoms with Gasteiger partial charge in [-0.05, 0) is 47.9 Å². The third-order valence-electron chi connectivity index (χ3n) is 7.69. The first-order valence-electron chi connectivity index (χ1n) is 15.6. The minimum Gasteiger partial charge on any atom is -0.493 e. The predicted molar refractivity (Wildman–Crippen MR) is 175 cm³/mol. The van der Waals surface area contributed by atoms with E-state index in [1.54, 1.807) is 0 Å². The highest BCUT2D eigenvalue weighted by Crippen LogP contribution is 2.33. The minimum absolute atomic E-state index is 0.564. The molecule has 214 valence electrons. The van der Waals surface area contributed by atoms with E-state index in [9.17, 15) is 0 Å². The average molecular weight is 539 g/mol. The molecular weight excluding hydrogens is 488 g/mol. The summed E-state index contributed by atoms with van der Waals surface area (Å²) in [5.41, 5.74) is 4.46. The Morgan fingerprint density at radius 3 is 1.30 bits per heavy atom. The standard InChI is InChI=1S/C38H50O2/c1-5-9-17-31(7-3)29-39-37-27-36(26-24-34-21-15-12-16-22-34)38(40-30-32(8-4)18-10-6-2)28-35(37)25-23-33-19-13-11-14-20-33/h11-16,19-28,31-32H,5-10,17-18,29-30H2,1-4H3/b25-23+,26-24+. The summed E-state index contributed by atoms with van der Waals surface area (Å²) in [5, 5.41) is 0. The Morgan fingerprint density at radius 1 is 0.550 bits per heavy atom. The lowest BCUT2D eigenvalue weighted by Gasteiger charge is -2.20. The number of hydrogen-bond donors (Lipinski definition) is 0. The molecule has 3 aromatic rings. The molecule has 0 radical (unpaired) electrons. The highest BCUT2D eigenvalue weighted by molar-refractivity contribution is 5.78. The second-order valence-corrected chi connectivity index (χ2v) is 10.9. The summed E-state index contributed by atoms with van der Waals surface area (Å²) in [7, 11) is 0. The molecule has 0 aliphatic carbocycles. The fraction of sp³-hybridized carbons (Fsp3) is 0.421. The molecule has 0 aromatic heterocycles. The Hall–Kier alpha value is -3.26. The van der Waals surface area contributed by atoms with Gasteiger partial charge in [-0.15, -0.1) is 0 Å². The monoisotopic (exact) mass is 538 g/mol. The van der Waals surface area contributed by atoms with Crippen LogP contribution in [0.1, 0.15) is 101 Å². The second kappa shape index (κ2) is 18.2. The lowest BCUT2D eigenvalue weighted by atomic mass is 10.00. The first kappa shape index (κ1) is 31.3. The van der Waals surface area contributed by atoms with Gasteiger partial charge in [0.1, 0.15) is 11.5 Å². The Labute approximate surface area is 244 Å². The van der Waals surface area contributed by atoms with Gasteiger partial charge >= 0.3 is 0 Å². The van der Waals surface area contributed by atoms with E-state index in [1.165, 1.54) is 49.7 Å². The fourth-order valence-corrected chi connectivity index (χ4v) is 4.81. The zero-order valence-electron chi connectivity index (χ0n) is 25.3. The van der Waals surface area contributed by atoms with E-state index < -0.39 is 0 Å². The van der Waals surface area contributed by atoms with Crippen molar-refractivity contribution in [1.82, 2.24) is 0 Å². The predicted octanol–water partition coefficient (Wildman–Crippen LogP) is 11.2. The van der Waals surface area contributed by atoms with Crippen LogP contribution in [0, 0.1) is 11.8 Å². The van der Waals surface area contributed by atoms with Gasteiger partial charge in [-0.2, -0.15) is 0 Å².